The van der Waals surface area contributed by atoms with E-state index >= 15 is 0 Å². The van der Waals surface area contributed by atoms with Gasteiger partial charge in [0.2, 0.25) is 11.8 Å². The minimum absolute atomic E-state index is 0.153. The van der Waals surface area contributed by atoms with Gasteiger partial charge in [0.25, 0.3) is 5.91 Å². The van der Waals surface area contributed by atoms with Crippen LogP contribution in [0.1, 0.15) is 61.9 Å². The summed E-state index contributed by atoms with van der Waals surface area (Å²) in [7, 11) is 0. The van der Waals surface area contributed by atoms with Gasteiger partial charge in [0.15, 0.2) is 0 Å². The van der Waals surface area contributed by atoms with Crippen molar-refractivity contribution in [2.24, 2.45) is 11.7 Å². The summed E-state index contributed by atoms with van der Waals surface area (Å²) in [4.78, 5) is 30.8. The van der Waals surface area contributed by atoms with E-state index in [1.54, 1.807) is 23.2 Å². The van der Waals surface area contributed by atoms with Crippen molar-refractivity contribution >= 4 is 22.6 Å². The quantitative estimate of drug-likeness (QED) is 0.599. The Hall–Kier alpha value is -3.82. The summed E-state index contributed by atoms with van der Waals surface area (Å²) >= 11 is 0. The fourth-order valence-electron chi connectivity index (χ4n) is 4.60. The molecule has 9 nitrogen and oxygen atoms in total. The lowest BCUT2D eigenvalue weighted by Crippen LogP contribution is -2.44. The number of amides is 2. The molecule has 2 aromatic rings. The molecule has 1 aromatic heterocycles. The Morgan fingerprint density at radius 2 is 2.03 bits per heavy atom. The zero-order valence-corrected chi connectivity index (χ0v) is 21.3. The van der Waals surface area contributed by atoms with Crippen molar-refractivity contribution < 1.29 is 23.8 Å². The molecule has 0 saturated carbocycles. The molecule has 2 aliphatic rings. The molecule has 4 rings (SSSR count). The maximum atomic E-state index is 12.3. The lowest BCUT2D eigenvalue weighted by molar-refractivity contribution is -0.132. The lowest BCUT2D eigenvalue weighted by atomic mass is 9.99. The Morgan fingerprint density at radius 1 is 1.24 bits per heavy atom. The molecule has 2 N–H and O–H groups in total. The topological polar surface area (TPSA) is 128 Å². The minimum Gasteiger partial charge on any atom is -0.490 e. The first-order chi connectivity index (χ1) is 17.9. The van der Waals surface area contributed by atoms with Gasteiger partial charge in [0, 0.05) is 42.6 Å². The van der Waals surface area contributed by atoms with Crippen molar-refractivity contribution in [2.45, 2.75) is 58.2 Å². The molecule has 2 aliphatic heterocycles. The number of nitrogens with zero attached hydrogens (tertiary/aromatic N) is 3. The number of pyridine rings is 1. The molecule has 37 heavy (non-hydrogen) atoms. The van der Waals surface area contributed by atoms with E-state index in [9.17, 15) is 9.59 Å². The second-order valence-corrected chi connectivity index (χ2v) is 9.61. The van der Waals surface area contributed by atoms with Crippen LogP contribution in [0, 0.1) is 29.1 Å². The van der Waals surface area contributed by atoms with Crippen molar-refractivity contribution in [3.8, 4) is 29.5 Å². The summed E-state index contributed by atoms with van der Waals surface area (Å²) < 4.78 is 17.7. The smallest absolute Gasteiger partial charge is 0.252 e. The number of nitrogens with two attached hydrogens (primary N) is 1. The van der Waals surface area contributed by atoms with Crippen LogP contribution >= 0.6 is 0 Å². The highest BCUT2D eigenvalue weighted by atomic mass is 16.5. The summed E-state index contributed by atoms with van der Waals surface area (Å²) in [6.45, 7) is 6.11. The molecule has 3 heterocycles. The fraction of sp³-hybridized carbons (Fsp3) is 0.500. The first-order valence-corrected chi connectivity index (χ1v) is 12.7. The van der Waals surface area contributed by atoms with Crippen LogP contribution in [-0.4, -0.2) is 60.2 Å². The van der Waals surface area contributed by atoms with E-state index in [1.165, 1.54) is 0 Å². The van der Waals surface area contributed by atoms with Crippen molar-refractivity contribution in [3.05, 3.63) is 29.5 Å². The highest BCUT2D eigenvalue weighted by Gasteiger charge is 2.26. The minimum atomic E-state index is -0.598. The molecule has 2 amide bonds. The molecule has 1 aromatic carbocycles. The van der Waals surface area contributed by atoms with Crippen LogP contribution in [0.4, 0.5) is 0 Å². The lowest BCUT2D eigenvalue weighted by Gasteiger charge is -2.32. The highest BCUT2D eigenvalue weighted by molar-refractivity contribution is 6.03. The average molecular weight is 505 g/mol. The molecule has 0 radical (unpaired) electrons. The van der Waals surface area contributed by atoms with Crippen molar-refractivity contribution in [1.82, 2.24) is 9.88 Å². The van der Waals surface area contributed by atoms with E-state index in [2.05, 4.69) is 16.8 Å². The molecule has 2 saturated heterocycles. The van der Waals surface area contributed by atoms with Gasteiger partial charge < -0.3 is 24.8 Å². The fourth-order valence-corrected chi connectivity index (χ4v) is 4.60. The monoisotopic (exact) mass is 504 g/mol. The van der Waals surface area contributed by atoms with Crippen LogP contribution in [0.15, 0.2) is 18.3 Å². The number of nitriles is 1. The Balaban J connectivity index is 1.73. The van der Waals surface area contributed by atoms with Gasteiger partial charge in [-0.15, -0.1) is 0 Å². The van der Waals surface area contributed by atoms with Gasteiger partial charge in [-0.1, -0.05) is 11.8 Å². The maximum Gasteiger partial charge on any atom is 0.252 e. The zero-order chi connectivity index (χ0) is 26.4. The molecular formula is C28H32N4O5. The normalized spacial score (nSPS) is 18.1. The number of piperidine rings is 1. The third kappa shape index (κ3) is 6.49. The summed E-state index contributed by atoms with van der Waals surface area (Å²) in [5.41, 5.74) is 6.63. The second-order valence-electron chi connectivity index (χ2n) is 9.61. The average Bonchev–Trinajstić information content (AvgIpc) is 2.88. The molecule has 194 valence electrons. The Morgan fingerprint density at radius 3 is 2.73 bits per heavy atom. The Kier molecular flexibility index (Phi) is 8.47. The van der Waals surface area contributed by atoms with Crippen LogP contribution in [0.2, 0.25) is 0 Å². The van der Waals surface area contributed by atoms with Crippen LogP contribution in [0.5, 0.6) is 11.6 Å². The standard InChI is InChI=1S/C28H32N4O5/c1-18(2)36-25-15-23-22(14-24(25)27(30)34)20(6-5-19-8-12-35-13-9-19)16-31-28(23)37-21-4-3-11-32(17-21)26(33)7-10-29/h14-16,18-19,21H,3-4,7-9,11-13,17H2,1-2H3,(H2,30,34)/t21-/m1/s1. The molecule has 9 heteroatoms. The molecule has 0 aliphatic carbocycles. The van der Waals surface area contributed by atoms with E-state index in [0.717, 1.165) is 25.7 Å². The van der Waals surface area contributed by atoms with Gasteiger partial charge in [-0.2, -0.15) is 5.26 Å². The van der Waals surface area contributed by atoms with Crippen molar-refractivity contribution in [1.29, 1.82) is 5.26 Å². The SMILES string of the molecule is CC(C)Oc1cc2c(O[C@@H]3CCCN(C(=O)CC#N)C3)ncc(C#CC3CCOCC3)c2cc1C(N)=O. The van der Waals surface area contributed by atoms with Crippen LogP contribution in [0.3, 0.4) is 0 Å². The first-order valence-electron chi connectivity index (χ1n) is 12.7. The predicted octanol–water partition coefficient (Wildman–Crippen LogP) is 3.18. The van der Waals surface area contributed by atoms with Gasteiger partial charge in [-0.05, 0) is 51.7 Å². The van der Waals surface area contributed by atoms with E-state index in [0.29, 0.717) is 54.3 Å². The molecule has 0 bridgehead atoms. The van der Waals surface area contributed by atoms with Gasteiger partial charge in [0.05, 0.1) is 29.8 Å². The van der Waals surface area contributed by atoms with Crippen LogP contribution < -0.4 is 15.2 Å². The number of carbonyl (C=O) groups is 2. The maximum absolute atomic E-state index is 12.3. The van der Waals surface area contributed by atoms with Crippen LogP contribution in [-0.2, 0) is 9.53 Å². The summed E-state index contributed by atoms with van der Waals surface area (Å²) in [5.74, 6) is 6.74. The molecule has 0 spiro atoms. The van der Waals surface area contributed by atoms with Gasteiger partial charge in [0.1, 0.15) is 18.3 Å². The number of hydrogen-bond acceptors (Lipinski definition) is 7. The van der Waals surface area contributed by atoms with Gasteiger partial charge >= 0.3 is 0 Å². The second kappa shape index (κ2) is 11.9. The van der Waals surface area contributed by atoms with Crippen molar-refractivity contribution in [3.63, 3.8) is 0 Å². The number of fused-ring (bicyclic) bond motifs is 1. The molecule has 0 unspecified atom stereocenters. The Labute approximate surface area is 216 Å². The largest absolute Gasteiger partial charge is 0.490 e. The number of benzene rings is 1. The van der Waals surface area contributed by atoms with E-state index in [1.807, 2.05) is 19.9 Å². The highest BCUT2D eigenvalue weighted by Crippen LogP contribution is 2.34. The predicted molar refractivity (Wildman–Crippen MR) is 137 cm³/mol. The third-order valence-corrected chi connectivity index (χ3v) is 6.45. The van der Waals surface area contributed by atoms with E-state index in [-0.39, 0.29) is 36.0 Å². The number of carbonyl (C=O) groups excluding carboxylic acids is 2. The summed E-state index contributed by atoms with van der Waals surface area (Å²) in [6.07, 6.45) is 4.31. The first kappa shape index (κ1) is 26.2. The molecule has 1 atom stereocenters. The third-order valence-electron chi connectivity index (χ3n) is 6.45. The van der Waals surface area contributed by atoms with Gasteiger partial charge in [-0.25, -0.2) is 4.98 Å². The van der Waals surface area contributed by atoms with E-state index < -0.39 is 5.91 Å². The number of aromatic nitrogens is 1. The number of rotatable bonds is 6. The van der Waals surface area contributed by atoms with Crippen molar-refractivity contribution in [2.75, 3.05) is 26.3 Å². The van der Waals surface area contributed by atoms with Crippen LogP contribution in [0.25, 0.3) is 10.8 Å². The van der Waals surface area contributed by atoms with E-state index in [4.69, 9.17) is 25.2 Å². The van der Waals surface area contributed by atoms with Gasteiger partial charge in [-0.3, -0.25) is 9.59 Å². The number of hydrogen-bond donors (Lipinski definition) is 1. The number of primary amides is 1. The summed E-state index contributed by atoms with van der Waals surface area (Å²) in [5, 5.41) is 10.2. The molecular weight excluding hydrogens is 472 g/mol. The number of ether oxygens (including phenoxy) is 3. The molecule has 2 fully saturated rings. The Bertz CT molecular complexity index is 1270. The number of likely N-dealkylation sites (tertiary alicyclic amines) is 1. The zero-order valence-electron chi connectivity index (χ0n) is 21.3. The summed E-state index contributed by atoms with van der Waals surface area (Å²) in [6, 6.07) is 5.35.